The maximum Gasteiger partial charge on any atom is 0.141 e. The minimum atomic E-state index is 0.663. The zero-order chi connectivity index (χ0) is 18.8. The molecule has 0 N–H and O–H groups in total. The lowest BCUT2D eigenvalue weighted by molar-refractivity contribution is 0.394. The van der Waals surface area contributed by atoms with E-state index in [1.54, 1.807) is 14.2 Å². The number of hydrogen-bond donors (Lipinski definition) is 0. The summed E-state index contributed by atoms with van der Waals surface area (Å²) in [6.07, 6.45) is 0. The van der Waals surface area contributed by atoms with E-state index >= 15 is 0 Å². The third kappa shape index (κ3) is 3.49. The van der Waals surface area contributed by atoms with Gasteiger partial charge >= 0.3 is 0 Å². The first kappa shape index (κ1) is 17.4. The molecule has 0 spiro atoms. The van der Waals surface area contributed by atoms with Crippen LogP contribution < -0.4 is 9.47 Å². The second-order valence-electron chi connectivity index (χ2n) is 6.24. The molecule has 1 aromatic heterocycles. The molecular weight excluding hydrogens is 360 g/mol. The number of ether oxygens (including phenoxy) is 2. The molecule has 0 atom stereocenters. The monoisotopic (exact) mass is 378 g/mol. The van der Waals surface area contributed by atoms with Crippen molar-refractivity contribution in [3.63, 3.8) is 0 Å². The Labute approximate surface area is 162 Å². The predicted molar refractivity (Wildman–Crippen MR) is 109 cm³/mol. The summed E-state index contributed by atoms with van der Waals surface area (Å²) < 4.78 is 13.1. The molecule has 0 bridgehead atoms. The van der Waals surface area contributed by atoms with Crippen LogP contribution in [-0.4, -0.2) is 23.8 Å². The summed E-state index contributed by atoms with van der Waals surface area (Å²) in [4.78, 5) is 4.87. The van der Waals surface area contributed by atoms with E-state index in [2.05, 4.69) is 16.7 Å². The van der Waals surface area contributed by atoms with Crippen molar-refractivity contribution in [1.82, 2.24) is 9.55 Å². The Morgan fingerprint density at radius 2 is 1.63 bits per heavy atom. The van der Waals surface area contributed by atoms with E-state index in [4.69, 9.17) is 26.1 Å². The number of halogens is 1. The van der Waals surface area contributed by atoms with Crippen LogP contribution in [0.25, 0.3) is 22.4 Å². The van der Waals surface area contributed by atoms with E-state index in [-0.39, 0.29) is 0 Å². The minimum Gasteiger partial charge on any atom is -0.497 e. The summed E-state index contributed by atoms with van der Waals surface area (Å²) in [6.45, 7) is 0.663. The number of aromatic nitrogens is 2. The molecule has 136 valence electrons. The van der Waals surface area contributed by atoms with E-state index in [1.165, 1.54) is 0 Å². The van der Waals surface area contributed by atoms with Crippen molar-refractivity contribution in [2.45, 2.75) is 6.54 Å². The molecule has 5 heteroatoms. The SMILES string of the molecule is COc1cc(OC)cc(-c2nc3ccccc3n2Cc2cccc(Cl)c2)c1. The average Bonchev–Trinajstić information content (AvgIpc) is 3.06. The molecule has 0 saturated carbocycles. The van der Waals surface area contributed by atoms with Crippen molar-refractivity contribution in [3.05, 3.63) is 77.3 Å². The third-order valence-corrected chi connectivity index (χ3v) is 4.73. The van der Waals surface area contributed by atoms with Gasteiger partial charge in [-0.3, -0.25) is 0 Å². The summed E-state index contributed by atoms with van der Waals surface area (Å²) in [5.41, 5.74) is 4.05. The summed E-state index contributed by atoms with van der Waals surface area (Å²) in [5.74, 6) is 2.31. The van der Waals surface area contributed by atoms with Crippen molar-refractivity contribution in [2.24, 2.45) is 0 Å². The highest BCUT2D eigenvalue weighted by Crippen LogP contribution is 2.32. The van der Waals surface area contributed by atoms with Crippen LogP contribution in [0.4, 0.5) is 0 Å². The Bertz CT molecular complexity index is 1080. The topological polar surface area (TPSA) is 36.3 Å². The van der Waals surface area contributed by atoms with E-state index < -0.39 is 0 Å². The zero-order valence-corrected chi connectivity index (χ0v) is 15.9. The molecule has 4 aromatic rings. The molecule has 27 heavy (non-hydrogen) atoms. The van der Waals surface area contributed by atoms with Crippen LogP contribution in [0.1, 0.15) is 5.56 Å². The van der Waals surface area contributed by atoms with Gasteiger partial charge in [-0.15, -0.1) is 0 Å². The number of nitrogens with zero attached hydrogens (tertiary/aromatic N) is 2. The molecule has 0 unspecified atom stereocenters. The fourth-order valence-electron chi connectivity index (χ4n) is 3.21. The van der Waals surface area contributed by atoms with Crippen molar-refractivity contribution in [2.75, 3.05) is 14.2 Å². The lowest BCUT2D eigenvalue weighted by Crippen LogP contribution is -2.02. The molecule has 0 aliphatic carbocycles. The second kappa shape index (κ2) is 7.33. The molecule has 0 fully saturated rings. The van der Waals surface area contributed by atoms with Gasteiger partial charge in [0.15, 0.2) is 0 Å². The predicted octanol–water partition coefficient (Wildman–Crippen LogP) is 5.42. The van der Waals surface area contributed by atoms with Gasteiger partial charge in [-0.2, -0.15) is 0 Å². The number of methoxy groups -OCH3 is 2. The molecule has 4 nitrogen and oxygen atoms in total. The first-order valence-corrected chi connectivity index (χ1v) is 8.99. The van der Waals surface area contributed by atoms with E-state index in [0.717, 1.165) is 44.5 Å². The minimum absolute atomic E-state index is 0.663. The molecule has 0 amide bonds. The van der Waals surface area contributed by atoms with Gasteiger partial charge in [0.25, 0.3) is 0 Å². The van der Waals surface area contributed by atoms with E-state index in [1.807, 2.05) is 54.6 Å². The first-order chi connectivity index (χ1) is 13.2. The highest BCUT2D eigenvalue weighted by atomic mass is 35.5. The maximum absolute atomic E-state index is 6.18. The molecule has 1 heterocycles. The van der Waals surface area contributed by atoms with Gasteiger partial charge in [-0.25, -0.2) is 4.98 Å². The van der Waals surface area contributed by atoms with Gasteiger partial charge in [-0.1, -0.05) is 35.9 Å². The largest absolute Gasteiger partial charge is 0.497 e. The third-order valence-electron chi connectivity index (χ3n) is 4.49. The molecule has 0 aliphatic heterocycles. The van der Waals surface area contributed by atoms with Crippen LogP contribution in [-0.2, 0) is 6.54 Å². The zero-order valence-electron chi connectivity index (χ0n) is 15.1. The smallest absolute Gasteiger partial charge is 0.141 e. The van der Waals surface area contributed by atoms with E-state index in [0.29, 0.717) is 6.54 Å². The number of rotatable bonds is 5. The van der Waals surface area contributed by atoms with Crippen LogP contribution in [0.15, 0.2) is 66.7 Å². The van der Waals surface area contributed by atoms with Gasteiger partial charge in [-0.05, 0) is 42.0 Å². The lowest BCUT2D eigenvalue weighted by atomic mass is 10.1. The van der Waals surface area contributed by atoms with Crippen molar-refractivity contribution in [3.8, 4) is 22.9 Å². The normalized spacial score (nSPS) is 10.9. The van der Waals surface area contributed by atoms with Crippen LogP contribution >= 0.6 is 11.6 Å². The van der Waals surface area contributed by atoms with Gasteiger partial charge < -0.3 is 14.0 Å². The Balaban J connectivity index is 1.90. The van der Waals surface area contributed by atoms with Crippen LogP contribution in [0.3, 0.4) is 0 Å². The Morgan fingerprint density at radius 3 is 2.33 bits per heavy atom. The Hall–Kier alpha value is -2.98. The Kier molecular flexibility index (Phi) is 4.73. The number of hydrogen-bond acceptors (Lipinski definition) is 3. The number of imidazole rings is 1. The van der Waals surface area contributed by atoms with Gasteiger partial charge in [0, 0.05) is 23.2 Å². The average molecular weight is 379 g/mol. The first-order valence-electron chi connectivity index (χ1n) is 8.61. The highest BCUT2D eigenvalue weighted by Gasteiger charge is 2.15. The molecule has 0 aliphatic rings. The molecule has 0 radical (unpaired) electrons. The molecule has 3 aromatic carbocycles. The fraction of sp³-hybridized carbons (Fsp3) is 0.136. The quantitative estimate of drug-likeness (QED) is 0.465. The molecule has 4 rings (SSSR count). The van der Waals surface area contributed by atoms with Crippen molar-refractivity contribution < 1.29 is 9.47 Å². The summed E-state index contributed by atoms with van der Waals surface area (Å²) in [6, 6.07) is 21.8. The van der Waals surface area contributed by atoms with Crippen molar-refractivity contribution in [1.29, 1.82) is 0 Å². The van der Waals surface area contributed by atoms with Crippen LogP contribution in [0.5, 0.6) is 11.5 Å². The highest BCUT2D eigenvalue weighted by molar-refractivity contribution is 6.30. The number of benzene rings is 3. The van der Waals surface area contributed by atoms with Gasteiger partial charge in [0.2, 0.25) is 0 Å². The summed E-state index contributed by atoms with van der Waals surface area (Å²) >= 11 is 6.18. The molecular formula is C22H19ClN2O2. The van der Waals surface area contributed by atoms with Crippen LogP contribution in [0.2, 0.25) is 5.02 Å². The maximum atomic E-state index is 6.18. The van der Waals surface area contributed by atoms with Gasteiger partial charge in [0.1, 0.15) is 17.3 Å². The standard InChI is InChI=1S/C22H19ClN2O2/c1-26-18-11-16(12-19(13-18)27-2)22-24-20-8-3-4-9-21(20)25(22)14-15-6-5-7-17(23)10-15/h3-13H,14H2,1-2H3. The number of fused-ring (bicyclic) bond motifs is 1. The van der Waals surface area contributed by atoms with E-state index in [9.17, 15) is 0 Å². The number of para-hydroxylation sites is 2. The summed E-state index contributed by atoms with van der Waals surface area (Å²) in [7, 11) is 3.29. The second-order valence-corrected chi connectivity index (χ2v) is 6.68. The fourth-order valence-corrected chi connectivity index (χ4v) is 3.42. The lowest BCUT2D eigenvalue weighted by Gasteiger charge is -2.12. The van der Waals surface area contributed by atoms with Gasteiger partial charge in [0.05, 0.1) is 25.3 Å². The summed E-state index contributed by atoms with van der Waals surface area (Å²) in [5, 5.41) is 0.724. The Morgan fingerprint density at radius 1 is 0.889 bits per heavy atom. The molecule has 0 saturated heterocycles. The van der Waals surface area contributed by atoms with Crippen molar-refractivity contribution >= 4 is 22.6 Å². The van der Waals surface area contributed by atoms with Crippen LogP contribution in [0, 0.1) is 0 Å².